The molecule has 3 aromatic rings. The largest absolute Gasteiger partial charge is 0.487 e. The molecule has 2 aromatic heterocycles. The summed E-state index contributed by atoms with van der Waals surface area (Å²) in [5.74, 6) is -1.55. The molecule has 0 unspecified atom stereocenters. The third kappa shape index (κ3) is 3.91. The van der Waals surface area contributed by atoms with Gasteiger partial charge in [-0.25, -0.2) is 23.4 Å². The number of nitrogens with zero attached hydrogens (tertiary/aromatic N) is 3. The number of imidazole rings is 1. The van der Waals surface area contributed by atoms with Crippen LogP contribution >= 0.6 is 0 Å². The number of carbonyl (C=O) groups excluding carboxylic acids is 1. The van der Waals surface area contributed by atoms with Gasteiger partial charge in [-0.2, -0.15) is 4.57 Å². The van der Waals surface area contributed by atoms with Crippen LogP contribution in [0.15, 0.2) is 29.2 Å². The van der Waals surface area contributed by atoms with Gasteiger partial charge in [-0.15, -0.1) is 0 Å². The topological polar surface area (TPSA) is 101 Å². The Bertz CT molecular complexity index is 1160. The van der Waals surface area contributed by atoms with Gasteiger partial charge in [0.2, 0.25) is 0 Å². The molecule has 29 heavy (non-hydrogen) atoms. The first-order chi connectivity index (χ1) is 13.5. The summed E-state index contributed by atoms with van der Waals surface area (Å²) in [5, 5.41) is 0. The Morgan fingerprint density at radius 1 is 1.28 bits per heavy atom. The first kappa shape index (κ1) is 20.3. The molecule has 1 aromatic carbocycles. The van der Waals surface area contributed by atoms with Crippen molar-refractivity contribution in [2.45, 2.75) is 33.0 Å². The lowest BCUT2D eigenvalue weighted by Crippen LogP contribution is -2.34. The van der Waals surface area contributed by atoms with E-state index < -0.39 is 35.6 Å². The molecule has 3 rings (SSSR count). The number of hydrogen-bond donors (Lipinski definition) is 1. The summed E-state index contributed by atoms with van der Waals surface area (Å²) < 4.78 is 40.5. The molecule has 0 bridgehead atoms. The number of pyridine rings is 1. The van der Waals surface area contributed by atoms with Crippen LogP contribution < -0.4 is 16.2 Å². The fourth-order valence-electron chi connectivity index (χ4n) is 2.64. The third-order valence-electron chi connectivity index (χ3n) is 4.05. The highest BCUT2D eigenvalue weighted by molar-refractivity contribution is 5.84. The van der Waals surface area contributed by atoms with E-state index in [1.807, 2.05) is 0 Å². The van der Waals surface area contributed by atoms with Gasteiger partial charge in [0, 0.05) is 13.1 Å². The molecule has 0 fully saturated rings. The van der Waals surface area contributed by atoms with Gasteiger partial charge in [0.1, 0.15) is 23.8 Å². The maximum atomic E-state index is 14.0. The summed E-state index contributed by atoms with van der Waals surface area (Å²) in [6.07, 6.45) is 0.378. The van der Waals surface area contributed by atoms with Gasteiger partial charge in [0.05, 0.1) is 23.0 Å². The predicted molar refractivity (Wildman–Crippen MR) is 102 cm³/mol. The van der Waals surface area contributed by atoms with Crippen LogP contribution in [0.1, 0.15) is 26.3 Å². The van der Waals surface area contributed by atoms with Gasteiger partial charge in [-0.1, -0.05) is 0 Å². The standard InChI is InChI=1S/C19H20F2N4O4/c1-19(2,3)29-18(27)25-16-14(24(4)17(25)26)7-10(8-23-16)28-9-11-12(20)5-6-13(22)15(11)21/h5-8H,9,22H2,1-4H3. The monoisotopic (exact) mass is 406 g/mol. The van der Waals surface area contributed by atoms with Gasteiger partial charge < -0.3 is 15.2 Å². The van der Waals surface area contributed by atoms with Crippen LogP contribution in [-0.2, 0) is 18.4 Å². The summed E-state index contributed by atoms with van der Waals surface area (Å²) in [4.78, 5) is 28.9. The van der Waals surface area contributed by atoms with Crippen molar-refractivity contribution in [3.63, 3.8) is 0 Å². The van der Waals surface area contributed by atoms with Crippen molar-refractivity contribution in [2.24, 2.45) is 7.05 Å². The molecule has 154 valence electrons. The van der Waals surface area contributed by atoms with Gasteiger partial charge >= 0.3 is 11.8 Å². The first-order valence-corrected chi connectivity index (χ1v) is 8.65. The zero-order valence-electron chi connectivity index (χ0n) is 16.3. The summed E-state index contributed by atoms with van der Waals surface area (Å²) in [6, 6.07) is 3.60. The van der Waals surface area contributed by atoms with Crippen molar-refractivity contribution in [3.8, 4) is 5.75 Å². The van der Waals surface area contributed by atoms with E-state index in [0.717, 1.165) is 16.7 Å². The lowest BCUT2D eigenvalue weighted by atomic mass is 10.2. The molecule has 2 N–H and O–H groups in total. The van der Waals surface area contributed by atoms with Crippen molar-refractivity contribution in [2.75, 3.05) is 5.73 Å². The van der Waals surface area contributed by atoms with E-state index in [-0.39, 0.29) is 28.2 Å². The number of aromatic nitrogens is 3. The van der Waals surface area contributed by atoms with E-state index in [2.05, 4.69) is 4.98 Å². The Kier molecular flexibility index (Phi) is 5.04. The van der Waals surface area contributed by atoms with E-state index in [4.69, 9.17) is 15.2 Å². The SMILES string of the molecule is Cn1c(=O)n(C(=O)OC(C)(C)C)c2ncc(OCc3c(F)ccc(N)c3F)cc21. The summed E-state index contributed by atoms with van der Waals surface area (Å²) >= 11 is 0. The average molecular weight is 406 g/mol. The number of aryl methyl sites for hydroxylation is 1. The number of hydrogen-bond acceptors (Lipinski definition) is 6. The van der Waals surface area contributed by atoms with Crippen molar-refractivity contribution >= 4 is 22.9 Å². The van der Waals surface area contributed by atoms with Crippen molar-refractivity contribution in [3.05, 3.63) is 52.1 Å². The number of rotatable bonds is 3. The van der Waals surface area contributed by atoms with Crippen LogP contribution in [0, 0.1) is 11.6 Å². The Labute approximate surface area is 164 Å². The quantitative estimate of drug-likeness (QED) is 0.671. The van der Waals surface area contributed by atoms with Crippen LogP contribution in [0.25, 0.3) is 11.2 Å². The van der Waals surface area contributed by atoms with Crippen molar-refractivity contribution in [1.82, 2.24) is 14.1 Å². The number of nitrogens with two attached hydrogens (primary N) is 1. The highest BCUT2D eigenvalue weighted by Crippen LogP contribution is 2.23. The predicted octanol–water partition coefficient (Wildman–Crippen LogP) is 2.96. The van der Waals surface area contributed by atoms with Crippen LogP contribution in [-0.4, -0.2) is 25.8 Å². The van der Waals surface area contributed by atoms with Gasteiger partial charge in [-0.05, 0) is 32.9 Å². The zero-order valence-corrected chi connectivity index (χ0v) is 16.3. The number of benzene rings is 1. The summed E-state index contributed by atoms with van der Waals surface area (Å²) in [5.41, 5.74) is 3.83. The first-order valence-electron chi connectivity index (χ1n) is 8.65. The number of anilines is 1. The minimum absolute atomic E-state index is 0.0698. The molecular weight excluding hydrogens is 386 g/mol. The molecule has 0 aliphatic heterocycles. The van der Waals surface area contributed by atoms with Crippen LogP contribution in [0.3, 0.4) is 0 Å². The van der Waals surface area contributed by atoms with E-state index in [0.29, 0.717) is 0 Å². The zero-order chi connectivity index (χ0) is 21.5. The molecule has 0 saturated carbocycles. The van der Waals surface area contributed by atoms with E-state index in [1.165, 1.54) is 23.9 Å². The van der Waals surface area contributed by atoms with Crippen molar-refractivity contribution < 1.29 is 23.0 Å². The van der Waals surface area contributed by atoms with E-state index in [9.17, 15) is 18.4 Å². The molecule has 2 heterocycles. The molecule has 8 nitrogen and oxygen atoms in total. The third-order valence-corrected chi connectivity index (χ3v) is 4.05. The van der Waals surface area contributed by atoms with Crippen molar-refractivity contribution in [1.29, 1.82) is 0 Å². The number of carbonyl (C=O) groups is 1. The highest BCUT2D eigenvalue weighted by Gasteiger charge is 2.24. The molecule has 0 saturated heterocycles. The lowest BCUT2D eigenvalue weighted by molar-refractivity contribution is 0.0536. The number of fused-ring (bicyclic) bond motifs is 1. The Morgan fingerprint density at radius 3 is 2.62 bits per heavy atom. The minimum Gasteiger partial charge on any atom is -0.487 e. The summed E-state index contributed by atoms with van der Waals surface area (Å²) in [7, 11) is 1.45. The van der Waals surface area contributed by atoms with E-state index in [1.54, 1.807) is 20.8 Å². The maximum Gasteiger partial charge on any atom is 0.424 e. The lowest BCUT2D eigenvalue weighted by Gasteiger charge is -2.19. The van der Waals surface area contributed by atoms with Gasteiger partial charge in [-0.3, -0.25) is 4.57 Å². The van der Waals surface area contributed by atoms with E-state index >= 15 is 0 Å². The Balaban J connectivity index is 1.94. The van der Waals surface area contributed by atoms with Crippen LogP contribution in [0.4, 0.5) is 19.3 Å². The summed E-state index contributed by atoms with van der Waals surface area (Å²) in [6.45, 7) is 4.59. The van der Waals surface area contributed by atoms with Gasteiger partial charge in [0.15, 0.2) is 11.5 Å². The molecule has 0 spiro atoms. The smallest absolute Gasteiger partial charge is 0.424 e. The Morgan fingerprint density at radius 2 is 1.97 bits per heavy atom. The van der Waals surface area contributed by atoms with Crippen LogP contribution in [0.2, 0.25) is 0 Å². The number of nitrogen functional groups attached to an aromatic ring is 1. The van der Waals surface area contributed by atoms with Crippen LogP contribution in [0.5, 0.6) is 5.75 Å². The molecule has 0 radical (unpaired) electrons. The number of halogens is 2. The molecule has 0 aliphatic rings. The number of ether oxygens (including phenoxy) is 2. The second-order valence-corrected chi connectivity index (χ2v) is 7.39. The fraction of sp³-hybridized carbons (Fsp3) is 0.316. The minimum atomic E-state index is -0.900. The second-order valence-electron chi connectivity index (χ2n) is 7.39. The molecule has 10 heteroatoms. The highest BCUT2D eigenvalue weighted by atomic mass is 19.1. The second kappa shape index (κ2) is 7.19. The molecule has 0 amide bonds. The van der Waals surface area contributed by atoms with Gasteiger partial charge in [0.25, 0.3) is 0 Å². The molecule has 0 aliphatic carbocycles. The Hall–Kier alpha value is -3.43. The molecule has 0 atom stereocenters. The maximum absolute atomic E-state index is 14.0. The fourth-order valence-corrected chi connectivity index (χ4v) is 2.64. The molecular formula is C19H20F2N4O4. The average Bonchev–Trinajstić information content (AvgIpc) is 2.88. The normalized spacial score (nSPS) is 11.7.